The van der Waals surface area contributed by atoms with Crippen LogP contribution in [0.25, 0.3) is 11.8 Å². The number of ether oxygens (including phenoxy) is 2. The van der Waals surface area contributed by atoms with E-state index in [2.05, 4.69) is 64.2 Å². The Balaban J connectivity index is 1.48. The predicted octanol–water partition coefficient (Wildman–Crippen LogP) is 4.35. The van der Waals surface area contributed by atoms with E-state index < -0.39 is 0 Å². The van der Waals surface area contributed by atoms with Gasteiger partial charge >= 0.3 is 0 Å². The molecule has 2 aliphatic carbocycles. The summed E-state index contributed by atoms with van der Waals surface area (Å²) in [5, 5.41) is 7.97. The minimum atomic E-state index is -0.333. The largest absolute Gasteiger partial charge is 0.454 e. The second kappa shape index (κ2) is 7.03. The minimum absolute atomic E-state index is 0.269. The second-order valence-corrected chi connectivity index (χ2v) is 8.16. The van der Waals surface area contributed by atoms with Crippen molar-refractivity contribution in [1.82, 2.24) is 15.7 Å². The van der Waals surface area contributed by atoms with Crippen molar-refractivity contribution in [2.75, 3.05) is 13.9 Å². The molecule has 0 spiro atoms. The first-order valence-corrected chi connectivity index (χ1v) is 10.5. The molecular weight excluding hydrogens is 390 g/mol. The van der Waals surface area contributed by atoms with Crippen molar-refractivity contribution in [3.63, 3.8) is 0 Å². The van der Waals surface area contributed by atoms with E-state index >= 15 is 0 Å². The molecule has 0 bridgehead atoms. The number of allylic oxidation sites excluding steroid dienone is 2. The number of nitrogens with zero attached hydrogens (tertiary/aromatic N) is 1. The maximum Gasteiger partial charge on any atom is 0.231 e. The van der Waals surface area contributed by atoms with E-state index in [1.165, 1.54) is 11.1 Å². The lowest BCUT2D eigenvalue weighted by Crippen LogP contribution is -2.30. The van der Waals surface area contributed by atoms with Gasteiger partial charge in [-0.05, 0) is 41.7 Å². The quantitative estimate of drug-likeness (QED) is 0.609. The number of H-pyrrole nitrogens is 1. The van der Waals surface area contributed by atoms with Crippen LogP contribution in [0.15, 0.2) is 60.2 Å². The molecule has 6 nitrogen and oxygen atoms in total. The van der Waals surface area contributed by atoms with Crippen LogP contribution in [0, 0.1) is 0 Å². The van der Waals surface area contributed by atoms with Gasteiger partial charge in [-0.15, -0.1) is 0 Å². The third-order valence-corrected chi connectivity index (χ3v) is 6.34. The summed E-state index contributed by atoms with van der Waals surface area (Å²) in [4.78, 5) is 5.23. The molecule has 2 aromatic carbocycles. The average Bonchev–Trinajstić information content (AvgIpc) is 3.40. The molecule has 0 amide bonds. The molecule has 2 heterocycles. The fourth-order valence-electron chi connectivity index (χ4n) is 4.63. The van der Waals surface area contributed by atoms with Crippen LogP contribution in [-0.4, -0.2) is 24.1 Å². The van der Waals surface area contributed by atoms with Crippen molar-refractivity contribution < 1.29 is 14.3 Å². The first kappa shape index (κ1) is 18.3. The zero-order valence-corrected chi connectivity index (χ0v) is 17.3. The number of aromatic nitrogens is 2. The number of fused-ring (bicyclic) bond motifs is 2. The Labute approximate surface area is 180 Å². The molecule has 1 unspecified atom stereocenters. The number of benzene rings is 2. The molecule has 1 atom stereocenters. The smallest absolute Gasteiger partial charge is 0.231 e. The van der Waals surface area contributed by atoms with E-state index in [1.54, 1.807) is 7.11 Å². The maximum atomic E-state index is 5.68. The molecule has 156 valence electrons. The summed E-state index contributed by atoms with van der Waals surface area (Å²) in [6.07, 6.45) is 7.42. The van der Waals surface area contributed by atoms with Gasteiger partial charge in [0, 0.05) is 23.1 Å². The molecule has 1 saturated carbocycles. The van der Waals surface area contributed by atoms with Gasteiger partial charge in [0.15, 0.2) is 11.5 Å². The van der Waals surface area contributed by atoms with Gasteiger partial charge in [-0.2, -0.15) is 5.10 Å². The van der Waals surface area contributed by atoms with Crippen LogP contribution in [0.5, 0.6) is 11.5 Å². The van der Waals surface area contributed by atoms with Gasteiger partial charge in [-0.3, -0.25) is 15.4 Å². The third-order valence-electron chi connectivity index (χ3n) is 6.34. The molecule has 6 heteroatoms. The van der Waals surface area contributed by atoms with E-state index in [1.807, 2.05) is 12.1 Å². The van der Waals surface area contributed by atoms with Crippen molar-refractivity contribution in [3.05, 3.63) is 88.3 Å². The predicted molar refractivity (Wildman–Crippen MR) is 117 cm³/mol. The topological polar surface area (TPSA) is 68.4 Å². The number of hydrogen-bond donors (Lipinski definition) is 2. The van der Waals surface area contributed by atoms with E-state index in [0.29, 0.717) is 0 Å². The van der Waals surface area contributed by atoms with Crippen LogP contribution in [0.4, 0.5) is 0 Å². The fourth-order valence-corrected chi connectivity index (χ4v) is 4.63. The van der Waals surface area contributed by atoms with Crippen molar-refractivity contribution in [1.29, 1.82) is 0 Å². The highest BCUT2D eigenvalue weighted by atomic mass is 16.7. The molecule has 1 fully saturated rings. The molecule has 3 aromatic rings. The highest BCUT2D eigenvalue weighted by Crippen LogP contribution is 2.46. The molecule has 31 heavy (non-hydrogen) atoms. The van der Waals surface area contributed by atoms with Gasteiger partial charge in [0.1, 0.15) is 5.69 Å². The van der Waals surface area contributed by atoms with Crippen LogP contribution >= 0.6 is 0 Å². The number of hydroxylamine groups is 1. The molecule has 3 aliphatic rings. The fraction of sp³-hybridized carbons (Fsp3) is 0.240. The summed E-state index contributed by atoms with van der Waals surface area (Å²) in [5.41, 5.74) is 10.6. The Kier molecular flexibility index (Phi) is 4.14. The third kappa shape index (κ3) is 2.94. The molecular formula is C25H23N3O3. The molecule has 1 aliphatic heterocycles. The lowest BCUT2D eigenvalue weighted by atomic mass is 9.68. The van der Waals surface area contributed by atoms with Crippen molar-refractivity contribution in [3.8, 4) is 11.5 Å². The number of hydrogen-bond acceptors (Lipinski definition) is 5. The van der Waals surface area contributed by atoms with Crippen LogP contribution in [0.2, 0.25) is 0 Å². The highest BCUT2D eigenvalue weighted by molar-refractivity contribution is 5.77. The van der Waals surface area contributed by atoms with Crippen LogP contribution in [0.3, 0.4) is 0 Å². The van der Waals surface area contributed by atoms with Crippen molar-refractivity contribution in [2.24, 2.45) is 0 Å². The molecule has 1 aromatic heterocycles. The zero-order chi connectivity index (χ0) is 20.8. The monoisotopic (exact) mass is 413 g/mol. The van der Waals surface area contributed by atoms with Crippen LogP contribution in [0.1, 0.15) is 40.9 Å². The zero-order valence-electron chi connectivity index (χ0n) is 17.3. The van der Waals surface area contributed by atoms with Gasteiger partial charge in [0.25, 0.3) is 0 Å². The number of nitrogens with one attached hydrogen (secondary N) is 2. The summed E-state index contributed by atoms with van der Waals surface area (Å²) >= 11 is 0. The summed E-state index contributed by atoms with van der Waals surface area (Å²) < 4.78 is 11.2. The van der Waals surface area contributed by atoms with E-state index in [4.69, 9.17) is 14.3 Å². The second-order valence-electron chi connectivity index (χ2n) is 8.16. The number of rotatable bonds is 5. The Hall–Kier alpha value is -3.51. The normalized spacial score (nSPS) is 20.5. The SMILES string of the molecule is CONC(=C1CC1)c1n[nH]c2c1C=CC(c1ccccc1)(c1ccc3c(c1)OCO3)C2. The summed E-state index contributed by atoms with van der Waals surface area (Å²) in [6, 6.07) is 16.8. The lowest BCUT2D eigenvalue weighted by molar-refractivity contribution is 0.136. The van der Waals surface area contributed by atoms with E-state index in [9.17, 15) is 0 Å². The Bertz CT molecular complexity index is 1210. The van der Waals surface area contributed by atoms with Crippen LogP contribution in [-0.2, 0) is 16.7 Å². The van der Waals surface area contributed by atoms with Crippen molar-refractivity contribution >= 4 is 11.8 Å². The Morgan fingerprint density at radius 1 is 1.06 bits per heavy atom. The van der Waals surface area contributed by atoms with Crippen LogP contribution < -0.4 is 15.0 Å². The minimum Gasteiger partial charge on any atom is -0.454 e. The molecule has 2 N–H and O–H groups in total. The summed E-state index contributed by atoms with van der Waals surface area (Å²) in [6.45, 7) is 0.269. The van der Waals surface area contributed by atoms with E-state index in [-0.39, 0.29) is 12.2 Å². The highest BCUT2D eigenvalue weighted by Gasteiger charge is 2.38. The summed E-state index contributed by atoms with van der Waals surface area (Å²) in [5.74, 6) is 1.59. The van der Waals surface area contributed by atoms with E-state index in [0.717, 1.165) is 59.0 Å². The molecule has 0 radical (unpaired) electrons. The first-order valence-electron chi connectivity index (χ1n) is 10.5. The van der Waals surface area contributed by atoms with Crippen molar-refractivity contribution in [2.45, 2.75) is 24.7 Å². The van der Waals surface area contributed by atoms with Gasteiger partial charge in [-0.25, -0.2) is 0 Å². The Morgan fingerprint density at radius 2 is 1.90 bits per heavy atom. The number of aromatic amines is 1. The standard InChI is InChI=1S/C25H23N3O3/c1-29-28-23(16-7-8-16)24-19-11-12-25(14-20(19)26-27-24,17-5-3-2-4-6-17)18-9-10-21-22(13-18)31-15-30-21/h2-6,9-13,28H,7-8,14-15H2,1H3,(H,26,27). The average molecular weight is 413 g/mol. The molecule has 0 saturated heterocycles. The Morgan fingerprint density at radius 3 is 2.71 bits per heavy atom. The first-order chi connectivity index (χ1) is 15.3. The maximum absolute atomic E-state index is 5.68. The van der Waals surface area contributed by atoms with Gasteiger partial charge in [-0.1, -0.05) is 48.6 Å². The lowest BCUT2D eigenvalue weighted by Gasteiger charge is -2.34. The van der Waals surface area contributed by atoms with Gasteiger partial charge < -0.3 is 9.47 Å². The van der Waals surface area contributed by atoms with Gasteiger partial charge in [0.2, 0.25) is 6.79 Å². The van der Waals surface area contributed by atoms with Gasteiger partial charge in [0.05, 0.1) is 12.8 Å². The summed E-state index contributed by atoms with van der Waals surface area (Å²) in [7, 11) is 1.64. The molecule has 6 rings (SSSR count).